The Morgan fingerprint density at radius 2 is 1.49 bits per heavy atom. The monoisotopic (exact) mass is 580 g/mol. The van der Waals surface area contributed by atoms with E-state index in [4.69, 9.17) is 67.5 Å². The average molecular weight is 583 g/mol. The van der Waals surface area contributed by atoms with Gasteiger partial charge in [-0.05, 0) is 24.1 Å². The van der Waals surface area contributed by atoms with E-state index in [0.717, 1.165) is 0 Å². The first-order valence-electron chi connectivity index (χ1n) is 9.94. The largest absolute Gasteiger partial charge is 0.495 e. The van der Waals surface area contributed by atoms with Crippen LogP contribution in [-0.2, 0) is 14.3 Å². The highest BCUT2D eigenvalue weighted by molar-refractivity contribution is 6.55. The Morgan fingerprint density at radius 1 is 0.943 bits per heavy atom. The molecule has 2 aromatic rings. The molecular weight excluding hydrogens is 566 g/mol. The topological polar surface area (TPSA) is 102 Å². The number of benzene rings is 2. The molecule has 0 aliphatic carbocycles. The molecule has 8 nitrogen and oxygen atoms in total. The van der Waals surface area contributed by atoms with E-state index in [1.807, 2.05) is 0 Å². The molecule has 0 saturated heterocycles. The third-order valence-corrected chi connectivity index (χ3v) is 7.10. The van der Waals surface area contributed by atoms with Crippen LogP contribution in [-0.4, -0.2) is 48.3 Å². The number of amides is 3. The van der Waals surface area contributed by atoms with E-state index in [1.165, 1.54) is 13.2 Å². The summed E-state index contributed by atoms with van der Waals surface area (Å²) in [6.07, 6.45) is 0. The second-order valence-corrected chi connectivity index (χ2v) is 9.62. The summed E-state index contributed by atoms with van der Waals surface area (Å²) in [6, 6.07) is 3.19. The zero-order chi connectivity index (χ0) is 26.2. The molecule has 3 rings (SSSR count). The van der Waals surface area contributed by atoms with E-state index in [-0.39, 0.29) is 36.9 Å². The molecule has 0 radical (unpaired) electrons. The highest BCUT2D eigenvalue weighted by Crippen LogP contribution is 2.45. The van der Waals surface area contributed by atoms with Crippen molar-refractivity contribution in [1.82, 2.24) is 4.90 Å². The van der Waals surface area contributed by atoms with Gasteiger partial charge in [0.1, 0.15) is 11.8 Å². The van der Waals surface area contributed by atoms with Crippen LogP contribution in [0.4, 0.5) is 5.69 Å². The van der Waals surface area contributed by atoms with Crippen molar-refractivity contribution in [2.24, 2.45) is 5.92 Å². The fraction of sp³-hybridized carbons (Fsp3) is 0.273. The van der Waals surface area contributed by atoms with Crippen LogP contribution in [0.2, 0.25) is 25.1 Å². The molecule has 0 bridgehead atoms. The fourth-order valence-corrected chi connectivity index (χ4v) is 4.67. The highest BCUT2D eigenvalue weighted by atomic mass is 35.5. The molecule has 2 aromatic carbocycles. The van der Waals surface area contributed by atoms with E-state index in [9.17, 15) is 19.2 Å². The molecule has 0 unspecified atom stereocenters. The number of imide groups is 1. The van der Waals surface area contributed by atoms with Crippen molar-refractivity contribution >= 4 is 87.4 Å². The van der Waals surface area contributed by atoms with Crippen LogP contribution in [0.3, 0.4) is 0 Å². The average Bonchev–Trinajstić information content (AvgIpc) is 3.05. The number of carbonyl (C=O) groups excluding carboxylic acids is 4. The van der Waals surface area contributed by atoms with Gasteiger partial charge in [-0.25, -0.2) is 4.79 Å². The number of fused-ring (bicyclic) bond motifs is 1. The van der Waals surface area contributed by atoms with Crippen LogP contribution in [0.5, 0.6) is 5.75 Å². The fourth-order valence-electron chi connectivity index (χ4n) is 3.48. The molecular formula is C22H17Cl5N2O6. The van der Waals surface area contributed by atoms with Crippen molar-refractivity contribution in [2.75, 3.05) is 19.0 Å². The summed E-state index contributed by atoms with van der Waals surface area (Å²) in [5, 5.41) is 1.95. The van der Waals surface area contributed by atoms with Gasteiger partial charge in [0.25, 0.3) is 17.7 Å². The number of carbonyl (C=O) groups is 4. The maximum atomic E-state index is 13.1. The number of nitrogens with zero attached hydrogens (tertiary/aromatic N) is 1. The number of halogens is 5. The van der Waals surface area contributed by atoms with Crippen molar-refractivity contribution < 1.29 is 28.7 Å². The number of methoxy groups -OCH3 is 1. The predicted octanol–water partition coefficient (Wildman–Crippen LogP) is 5.76. The lowest BCUT2D eigenvalue weighted by atomic mass is 10.0. The van der Waals surface area contributed by atoms with Crippen molar-refractivity contribution in [3.8, 4) is 5.75 Å². The van der Waals surface area contributed by atoms with Crippen molar-refractivity contribution in [3.05, 3.63) is 54.4 Å². The number of anilines is 1. The summed E-state index contributed by atoms with van der Waals surface area (Å²) in [6.45, 7) is 2.48. The second kappa shape index (κ2) is 10.8. The molecule has 1 heterocycles. The Morgan fingerprint density at radius 3 is 1.97 bits per heavy atom. The first-order valence-corrected chi connectivity index (χ1v) is 11.8. The van der Waals surface area contributed by atoms with Crippen LogP contribution >= 0.6 is 58.0 Å². The summed E-state index contributed by atoms with van der Waals surface area (Å²) >= 11 is 30.3. The Labute approximate surface area is 225 Å². The van der Waals surface area contributed by atoms with Crippen molar-refractivity contribution in [2.45, 2.75) is 19.9 Å². The Bertz CT molecular complexity index is 1200. The highest BCUT2D eigenvalue weighted by Gasteiger charge is 2.48. The number of rotatable bonds is 7. The van der Waals surface area contributed by atoms with E-state index < -0.39 is 42.3 Å². The minimum Gasteiger partial charge on any atom is -0.495 e. The molecule has 0 spiro atoms. The maximum absolute atomic E-state index is 13.1. The van der Waals surface area contributed by atoms with Crippen LogP contribution < -0.4 is 10.1 Å². The zero-order valence-corrected chi connectivity index (χ0v) is 22.2. The molecule has 0 saturated carbocycles. The van der Waals surface area contributed by atoms with Gasteiger partial charge in [-0.1, -0.05) is 71.9 Å². The lowest BCUT2D eigenvalue weighted by molar-refractivity contribution is -0.152. The molecule has 1 aliphatic heterocycles. The van der Waals surface area contributed by atoms with Crippen LogP contribution in [0, 0.1) is 5.92 Å². The first kappa shape index (κ1) is 27.4. The molecule has 0 aromatic heterocycles. The smallest absolute Gasteiger partial charge is 0.330 e. The van der Waals surface area contributed by atoms with E-state index in [2.05, 4.69) is 5.32 Å². The minimum absolute atomic E-state index is 0.197. The molecule has 1 N–H and O–H groups in total. The summed E-state index contributed by atoms with van der Waals surface area (Å²) < 4.78 is 10.3. The van der Waals surface area contributed by atoms with E-state index in [0.29, 0.717) is 15.7 Å². The van der Waals surface area contributed by atoms with Crippen LogP contribution in [0.15, 0.2) is 18.2 Å². The maximum Gasteiger partial charge on any atom is 0.330 e. The first-order chi connectivity index (χ1) is 16.4. The number of hydrogen-bond donors (Lipinski definition) is 1. The zero-order valence-electron chi connectivity index (χ0n) is 18.4. The third-order valence-electron chi connectivity index (χ3n) is 5.06. The number of ether oxygens (including phenoxy) is 2. The molecule has 186 valence electrons. The summed E-state index contributed by atoms with van der Waals surface area (Å²) in [4.78, 5) is 52.2. The van der Waals surface area contributed by atoms with Crippen molar-refractivity contribution in [1.29, 1.82) is 0 Å². The summed E-state index contributed by atoms with van der Waals surface area (Å²) in [7, 11) is 1.41. The standard InChI is InChI=1S/C22H17Cl5N2O6/c1-8(2)19(22(33)35-7-12(30)28-10-6-9(23)4-5-11(10)34-3)29-20(31)13-14(21(29)32)16(25)18(27)17(26)15(13)24/h4-6,8,19H,7H2,1-3H3,(H,28,30)/t19-/m0/s1. The summed E-state index contributed by atoms with van der Waals surface area (Å²) in [5.41, 5.74) is -0.263. The van der Waals surface area contributed by atoms with Gasteiger partial charge in [0.2, 0.25) is 0 Å². The van der Waals surface area contributed by atoms with Crippen LogP contribution in [0.25, 0.3) is 0 Å². The van der Waals surface area contributed by atoms with Gasteiger partial charge < -0.3 is 14.8 Å². The number of nitrogens with one attached hydrogen (secondary N) is 1. The van der Waals surface area contributed by atoms with Gasteiger partial charge in [-0.3, -0.25) is 19.3 Å². The van der Waals surface area contributed by atoms with E-state index >= 15 is 0 Å². The Kier molecular flexibility index (Phi) is 8.44. The number of esters is 1. The predicted molar refractivity (Wildman–Crippen MR) is 133 cm³/mol. The van der Waals surface area contributed by atoms with Crippen LogP contribution in [0.1, 0.15) is 34.6 Å². The lowest BCUT2D eigenvalue weighted by Gasteiger charge is -2.27. The van der Waals surface area contributed by atoms with Crippen molar-refractivity contribution in [3.63, 3.8) is 0 Å². The van der Waals surface area contributed by atoms with Gasteiger partial charge in [-0.15, -0.1) is 0 Å². The van der Waals surface area contributed by atoms with Gasteiger partial charge in [0, 0.05) is 5.02 Å². The van der Waals surface area contributed by atoms with Gasteiger partial charge in [0.15, 0.2) is 6.61 Å². The molecule has 0 fully saturated rings. The quantitative estimate of drug-likeness (QED) is 0.193. The van der Waals surface area contributed by atoms with Gasteiger partial charge in [-0.2, -0.15) is 0 Å². The normalized spacial score (nSPS) is 13.7. The number of hydrogen-bond acceptors (Lipinski definition) is 6. The third kappa shape index (κ3) is 5.17. The van der Waals surface area contributed by atoms with Gasteiger partial charge >= 0.3 is 5.97 Å². The molecule has 35 heavy (non-hydrogen) atoms. The minimum atomic E-state index is -1.39. The molecule has 1 aliphatic rings. The molecule has 3 amide bonds. The van der Waals surface area contributed by atoms with Gasteiger partial charge in [0.05, 0.1) is 44.0 Å². The SMILES string of the molecule is COc1ccc(Cl)cc1NC(=O)COC(=O)[C@H](C(C)C)N1C(=O)c2c(Cl)c(Cl)c(Cl)c(Cl)c2C1=O. The Balaban J connectivity index is 1.81. The summed E-state index contributed by atoms with van der Waals surface area (Å²) in [5.74, 6) is -3.73. The Hall–Kier alpha value is -2.23. The van der Waals surface area contributed by atoms with E-state index in [1.54, 1.807) is 26.0 Å². The molecule has 1 atom stereocenters. The second-order valence-electron chi connectivity index (χ2n) is 7.68. The lowest BCUT2D eigenvalue weighted by Crippen LogP contribution is -2.49. The molecule has 13 heteroatoms.